The van der Waals surface area contributed by atoms with Gasteiger partial charge in [0.05, 0.1) is 5.02 Å². The molecule has 1 nitrogen and oxygen atoms in total. The van der Waals surface area contributed by atoms with Crippen LogP contribution in [0.2, 0.25) is 5.02 Å². The zero-order valence-corrected chi connectivity index (χ0v) is 11.0. The molecular weight excluding hydrogens is 270 g/mol. The fraction of sp³-hybridized carbons (Fsp3) is 0.133. The van der Waals surface area contributed by atoms with Crippen LogP contribution in [0.25, 0.3) is 0 Å². The van der Waals surface area contributed by atoms with Gasteiger partial charge in [-0.05, 0) is 42.3 Å². The topological polar surface area (TPSA) is 17.1 Å². The first kappa shape index (κ1) is 13.7. The first-order chi connectivity index (χ1) is 8.99. The van der Waals surface area contributed by atoms with Gasteiger partial charge in [0.15, 0.2) is 5.78 Å². The molecular formula is C15H11ClF2O. The standard InChI is InChI=1S/C15H11ClF2O/c1-9-7-11(17)5-6-12(9)14(19)8-10-3-2-4-13(18)15(10)16/h2-7H,8H2,1H3. The third kappa shape index (κ3) is 2.99. The number of aryl methyl sites for hydroxylation is 1. The number of carbonyl (C=O) groups is 1. The third-order valence-electron chi connectivity index (χ3n) is 2.87. The van der Waals surface area contributed by atoms with Crippen LogP contribution in [0.3, 0.4) is 0 Å². The molecule has 0 aromatic heterocycles. The maximum Gasteiger partial charge on any atom is 0.167 e. The zero-order valence-electron chi connectivity index (χ0n) is 10.2. The molecule has 0 amide bonds. The predicted molar refractivity (Wildman–Crippen MR) is 70.6 cm³/mol. The lowest BCUT2D eigenvalue weighted by Crippen LogP contribution is -2.06. The summed E-state index contributed by atoms with van der Waals surface area (Å²) in [7, 11) is 0. The Bertz CT molecular complexity index is 638. The SMILES string of the molecule is Cc1cc(F)ccc1C(=O)Cc1cccc(F)c1Cl. The van der Waals surface area contributed by atoms with E-state index in [1.165, 1.54) is 30.3 Å². The van der Waals surface area contributed by atoms with Crippen molar-refractivity contribution in [2.75, 3.05) is 0 Å². The second-order valence-corrected chi connectivity index (χ2v) is 4.65. The van der Waals surface area contributed by atoms with E-state index in [0.29, 0.717) is 16.7 Å². The number of hydrogen-bond acceptors (Lipinski definition) is 1. The molecule has 2 aromatic carbocycles. The summed E-state index contributed by atoms with van der Waals surface area (Å²) < 4.78 is 26.2. The molecule has 0 unspecified atom stereocenters. The van der Waals surface area contributed by atoms with E-state index in [0.717, 1.165) is 0 Å². The van der Waals surface area contributed by atoms with Gasteiger partial charge in [0.2, 0.25) is 0 Å². The number of benzene rings is 2. The van der Waals surface area contributed by atoms with Gasteiger partial charge in [0, 0.05) is 12.0 Å². The zero-order chi connectivity index (χ0) is 14.0. The van der Waals surface area contributed by atoms with Gasteiger partial charge >= 0.3 is 0 Å². The quantitative estimate of drug-likeness (QED) is 0.764. The Hall–Kier alpha value is -1.74. The van der Waals surface area contributed by atoms with Crippen LogP contribution in [0, 0.1) is 18.6 Å². The van der Waals surface area contributed by atoms with Crippen LogP contribution in [0.4, 0.5) is 8.78 Å². The number of carbonyl (C=O) groups excluding carboxylic acids is 1. The Kier molecular flexibility index (Phi) is 3.96. The van der Waals surface area contributed by atoms with Crippen LogP contribution in [0.5, 0.6) is 0 Å². The summed E-state index contributed by atoms with van der Waals surface area (Å²) in [5.74, 6) is -1.16. The summed E-state index contributed by atoms with van der Waals surface area (Å²) in [6, 6.07) is 8.29. The van der Waals surface area contributed by atoms with Crippen LogP contribution in [-0.2, 0) is 6.42 Å². The number of rotatable bonds is 3. The molecule has 19 heavy (non-hydrogen) atoms. The van der Waals surface area contributed by atoms with E-state index < -0.39 is 11.6 Å². The predicted octanol–water partition coefficient (Wildman–Crippen LogP) is 4.35. The summed E-state index contributed by atoms with van der Waals surface area (Å²) in [5.41, 5.74) is 1.40. The summed E-state index contributed by atoms with van der Waals surface area (Å²) in [5, 5.41) is -0.0457. The highest BCUT2D eigenvalue weighted by atomic mass is 35.5. The van der Waals surface area contributed by atoms with Crippen LogP contribution in [-0.4, -0.2) is 5.78 Å². The normalized spacial score (nSPS) is 10.5. The Morgan fingerprint density at radius 1 is 1.21 bits per heavy atom. The maximum atomic E-state index is 13.3. The lowest BCUT2D eigenvalue weighted by molar-refractivity contribution is 0.0992. The van der Waals surface area contributed by atoms with Crippen molar-refractivity contribution in [3.63, 3.8) is 0 Å². The van der Waals surface area contributed by atoms with E-state index in [1.807, 2.05) is 0 Å². The van der Waals surface area contributed by atoms with Gasteiger partial charge in [0.25, 0.3) is 0 Å². The Morgan fingerprint density at radius 3 is 2.63 bits per heavy atom. The van der Waals surface area contributed by atoms with Crippen molar-refractivity contribution in [3.8, 4) is 0 Å². The smallest absolute Gasteiger partial charge is 0.167 e. The van der Waals surface area contributed by atoms with Gasteiger partial charge < -0.3 is 0 Å². The van der Waals surface area contributed by atoms with Crippen LogP contribution in [0.15, 0.2) is 36.4 Å². The van der Waals surface area contributed by atoms with Crippen LogP contribution < -0.4 is 0 Å². The third-order valence-corrected chi connectivity index (χ3v) is 3.29. The minimum absolute atomic E-state index is 0.0108. The highest BCUT2D eigenvalue weighted by Gasteiger charge is 2.14. The maximum absolute atomic E-state index is 13.3. The van der Waals surface area contributed by atoms with E-state index in [4.69, 9.17) is 11.6 Å². The fourth-order valence-corrected chi connectivity index (χ4v) is 2.09. The van der Waals surface area contributed by atoms with Gasteiger partial charge in [-0.2, -0.15) is 0 Å². The number of halogens is 3. The molecule has 4 heteroatoms. The van der Waals surface area contributed by atoms with Gasteiger partial charge in [-0.15, -0.1) is 0 Å². The fourth-order valence-electron chi connectivity index (χ4n) is 1.89. The average molecular weight is 281 g/mol. The Morgan fingerprint density at radius 2 is 1.95 bits per heavy atom. The van der Waals surface area contributed by atoms with Crippen LogP contribution >= 0.6 is 11.6 Å². The number of hydrogen-bond donors (Lipinski definition) is 0. The minimum Gasteiger partial charge on any atom is -0.294 e. The molecule has 98 valence electrons. The average Bonchev–Trinajstić information content (AvgIpc) is 2.34. The first-order valence-corrected chi connectivity index (χ1v) is 6.09. The highest BCUT2D eigenvalue weighted by Crippen LogP contribution is 2.22. The van der Waals surface area contributed by atoms with Crippen molar-refractivity contribution in [2.45, 2.75) is 13.3 Å². The second-order valence-electron chi connectivity index (χ2n) is 4.27. The molecule has 0 radical (unpaired) electrons. The van der Waals surface area contributed by atoms with Crippen molar-refractivity contribution in [1.82, 2.24) is 0 Å². The summed E-state index contributed by atoms with van der Waals surface area (Å²) in [6.45, 7) is 1.66. The van der Waals surface area contributed by atoms with Crippen LogP contribution in [0.1, 0.15) is 21.5 Å². The Balaban J connectivity index is 2.28. The summed E-state index contributed by atoms with van der Waals surface area (Å²) >= 11 is 5.80. The van der Waals surface area contributed by atoms with Gasteiger partial charge in [-0.3, -0.25) is 4.79 Å². The molecule has 0 saturated carbocycles. The second kappa shape index (κ2) is 5.49. The lowest BCUT2D eigenvalue weighted by atomic mass is 9.99. The number of Topliss-reactive ketones (excluding diaryl/α,β-unsaturated/α-hetero) is 1. The van der Waals surface area contributed by atoms with Crippen molar-refractivity contribution in [2.24, 2.45) is 0 Å². The molecule has 0 atom stereocenters. The highest BCUT2D eigenvalue weighted by molar-refractivity contribution is 6.31. The van der Waals surface area contributed by atoms with E-state index in [2.05, 4.69) is 0 Å². The summed E-state index contributed by atoms with van der Waals surface area (Å²) in [4.78, 5) is 12.1. The summed E-state index contributed by atoms with van der Waals surface area (Å²) in [6.07, 6.45) is -0.0108. The molecule has 0 N–H and O–H groups in total. The van der Waals surface area contributed by atoms with Gasteiger partial charge in [-0.1, -0.05) is 23.7 Å². The van der Waals surface area contributed by atoms with E-state index >= 15 is 0 Å². The molecule has 0 heterocycles. The van der Waals surface area contributed by atoms with Gasteiger partial charge in [-0.25, -0.2) is 8.78 Å². The van der Waals surface area contributed by atoms with Gasteiger partial charge in [0.1, 0.15) is 11.6 Å². The molecule has 0 aliphatic carbocycles. The molecule has 0 spiro atoms. The molecule has 0 aliphatic rings. The van der Waals surface area contributed by atoms with Crippen molar-refractivity contribution in [3.05, 3.63) is 69.7 Å². The largest absolute Gasteiger partial charge is 0.294 e. The molecule has 0 fully saturated rings. The molecule has 2 rings (SSSR count). The molecule has 0 aliphatic heterocycles. The van der Waals surface area contributed by atoms with Crippen molar-refractivity contribution < 1.29 is 13.6 Å². The molecule has 0 bridgehead atoms. The number of ketones is 1. The van der Waals surface area contributed by atoms with E-state index in [1.54, 1.807) is 13.0 Å². The van der Waals surface area contributed by atoms with Crippen molar-refractivity contribution in [1.29, 1.82) is 0 Å². The minimum atomic E-state index is -0.553. The Labute approximate surface area is 114 Å². The molecule has 2 aromatic rings. The van der Waals surface area contributed by atoms with E-state index in [9.17, 15) is 13.6 Å². The van der Waals surface area contributed by atoms with E-state index in [-0.39, 0.29) is 17.2 Å². The molecule has 0 saturated heterocycles. The van der Waals surface area contributed by atoms with Crippen molar-refractivity contribution >= 4 is 17.4 Å². The first-order valence-electron chi connectivity index (χ1n) is 5.71. The lowest BCUT2D eigenvalue weighted by Gasteiger charge is -2.07. The monoisotopic (exact) mass is 280 g/mol.